The van der Waals surface area contributed by atoms with E-state index in [1.807, 2.05) is 67.6 Å². The number of likely N-dealkylation sites (tertiary alicyclic amines) is 1. The van der Waals surface area contributed by atoms with Gasteiger partial charge in [-0.15, -0.1) is 0 Å². The number of amides is 3. The molecule has 0 saturated carbocycles. The summed E-state index contributed by atoms with van der Waals surface area (Å²) < 4.78 is 5.29. The number of benzene rings is 2. The van der Waals surface area contributed by atoms with Crippen LogP contribution in [0.1, 0.15) is 19.8 Å². The first-order valence-corrected chi connectivity index (χ1v) is 10.2. The number of urea groups is 1. The molecular formula is C23H27N3O4. The summed E-state index contributed by atoms with van der Waals surface area (Å²) in [5.74, 6) is -0.933. The number of likely N-dealkylation sites (N-methyl/N-ethyl adjacent to an activating group) is 1. The Morgan fingerprint density at radius 3 is 2.20 bits per heavy atom. The smallest absolute Gasteiger partial charge is 0.321 e. The van der Waals surface area contributed by atoms with E-state index in [9.17, 15) is 14.4 Å². The number of carbonyl (C=O) groups is 3. The van der Waals surface area contributed by atoms with E-state index in [1.165, 1.54) is 0 Å². The number of nitrogens with zero attached hydrogens (tertiary/aromatic N) is 2. The summed E-state index contributed by atoms with van der Waals surface area (Å²) in [7, 11) is 0. The Bertz CT molecular complexity index is 849. The van der Waals surface area contributed by atoms with Gasteiger partial charge in [0, 0.05) is 31.0 Å². The van der Waals surface area contributed by atoms with Crippen LogP contribution in [0.3, 0.4) is 0 Å². The molecule has 1 aliphatic heterocycles. The molecule has 3 amide bonds. The van der Waals surface area contributed by atoms with Gasteiger partial charge in [-0.1, -0.05) is 36.4 Å². The van der Waals surface area contributed by atoms with Gasteiger partial charge in [-0.25, -0.2) is 4.79 Å². The van der Waals surface area contributed by atoms with Gasteiger partial charge >= 0.3 is 12.0 Å². The van der Waals surface area contributed by atoms with E-state index in [0.29, 0.717) is 32.5 Å². The molecule has 158 valence electrons. The predicted molar refractivity (Wildman–Crippen MR) is 115 cm³/mol. The lowest BCUT2D eigenvalue weighted by molar-refractivity contribution is -0.153. The van der Waals surface area contributed by atoms with Crippen LogP contribution in [-0.4, -0.2) is 49.0 Å². The largest absolute Gasteiger partial charge is 0.455 e. The minimum absolute atomic E-state index is 0.176. The molecule has 1 fully saturated rings. The van der Waals surface area contributed by atoms with Crippen LogP contribution < -0.4 is 10.2 Å². The predicted octanol–water partition coefficient (Wildman–Crippen LogP) is 3.53. The van der Waals surface area contributed by atoms with Crippen molar-refractivity contribution < 1.29 is 19.1 Å². The van der Waals surface area contributed by atoms with Gasteiger partial charge in [0.25, 0.3) is 5.91 Å². The van der Waals surface area contributed by atoms with Gasteiger partial charge in [-0.3, -0.25) is 9.59 Å². The normalized spacial score (nSPS) is 14.1. The molecule has 7 nitrogen and oxygen atoms in total. The zero-order valence-corrected chi connectivity index (χ0v) is 17.1. The molecule has 1 heterocycles. The summed E-state index contributed by atoms with van der Waals surface area (Å²) in [6.07, 6.45) is 1.04. The van der Waals surface area contributed by atoms with Gasteiger partial charge in [0.05, 0.1) is 5.92 Å². The van der Waals surface area contributed by atoms with E-state index in [0.717, 1.165) is 11.4 Å². The number of ether oxygens (including phenoxy) is 1. The zero-order chi connectivity index (χ0) is 21.3. The van der Waals surface area contributed by atoms with Gasteiger partial charge in [0.15, 0.2) is 6.61 Å². The highest BCUT2D eigenvalue weighted by atomic mass is 16.5. The first-order valence-electron chi connectivity index (χ1n) is 10.2. The van der Waals surface area contributed by atoms with Crippen LogP contribution in [-0.2, 0) is 14.3 Å². The number of anilines is 2. The summed E-state index contributed by atoms with van der Waals surface area (Å²) in [5, 5.41) is 2.85. The number of nitrogens with one attached hydrogen (secondary N) is 1. The molecule has 30 heavy (non-hydrogen) atoms. The minimum atomic E-state index is -0.379. The van der Waals surface area contributed by atoms with Crippen molar-refractivity contribution in [2.75, 3.05) is 36.5 Å². The van der Waals surface area contributed by atoms with Gasteiger partial charge in [0.2, 0.25) is 0 Å². The van der Waals surface area contributed by atoms with Crippen LogP contribution in [0.15, 0.2) is 60.7 Å². The van der Waals surface area contributed by atoms with Crippen molar-refractivity contribution >= 4 is 29.3 Å². The fraction of sp³-hybridized carbons (Fsp3) is 0.348. The quantitative estimate of drug-likeness (QED) is 0.741. The fourth-order valence-electron chi connectivity index (χ4n) is 3.48. The number of hydrogen-bond donors (Lipinski definition) is 1. The van der Waals surface area contributed by atoms with Crippen LogP contribution in [0, 0.1) is 5.92 Å². The van der Waals surface area contributed by atoms with E-state index in [4.69, 9.17) is 4.74 Å². The lowest BCUT2D eigenvalue weighted by Gasteiger charge is -2.31. The van der Waals surface area contributed by atoms with E-state index in [2.05, 4.69) is 5.32 Å². The first kappa shape index (κ1) is 21.4. The van der Waals surface area contributed by atoms with Crippen molar-refractivity contribution in [1.82, 2.24) is 4.90 Å². The molecule has 7 heteroatoms. The van der Waals surface area contributed by atoms with E-state index in [-0.39, 0.29) is 30.4 Å². The number of hydrogen-bond acceptors (Lipinski definition) is 4. The number of esters is 1. The Morgan fingerprint density at radius 2 is 1.60 bits per heavy atom. The second-order valence-electron chi connectivity index (χ2n) is 7.14. The molecular weight excluding hydrogens is 382 g/mol. The van der Waals surface area contributed by atoms with Crippen molar-refractivity contribution in [3.63, 3.8) is 0 Å². The summed E-state index contributed by atoms with van der Waals surface area (Å²) >= 11 is 0. The molecule has 2 aromatic rings. The first-order chi connectivity index (χ1) is 14.6. The standard InChI is InChI=1S/C23H27N3O4/c1-2-26(20-11-7-4-8-12-20)21(27)17-30-22(28)18-13-15-25(16-14-18)23(29)24-19-9-5-3-6-10-19/h3-12,18H,2,13-17H2,1H3,(H,24,29). The molecule has 0 bridgehead atoms. The molecule has 0 atom stereocenters. The van der Waals surface area contributed by atoms with Gasteiger partial charge < -0.3 is 19.9 Å². The van der Waals surface area contributed by atoms with Gasteiger partial charge in [-0.05, 0) is 44.0 Å². The number of para-hydroxylation sites is 2. The van der Waals surface area contributed by atoms with Crippen molar-refractivity contribution in [1.29, 1.82) is 0 Å². The molecule has 0 aliphatic carbocycles. The Hall–Kier alpha value is -3.35. The molecule has 0 radical (unpaired) electrons. The minimum Gasteiger partial charge on any atom is -0.455 e. The van der Waals surface area contributed by atoms with Gasteiger partial charge in [0.1, 0.15) is 0 Å². The van der Waals surface area contributed by atoms with Crippen LogP contribution >= 0.6 is 0 Å². The Balaban J connectivity index is 1.44. The molecule has 1 N–H and O–H groups in total. The molecule has 2 aromatic carbocycles. The van der Waals surface area contributed by atoms with Crippen molar-refractivity contribution in [3.8, 4) is 0 Å². The highest BCUT2D eigenvalue weighted by Crippen LogP contribution is 2.20. The summed E-state index contributed by atoms with van der Waals surface area (Å²) in [5.41, 5.74) is 1.51. The maximum atomic E-state index is 12.5. The lowest BCUT2D eigenvalue weighted by atomic mass is 9.97. The molecule has 0 unspecified atom stereocenters. The zero-order valence-electron chi connectivity index (χ0n) is 17.1. The number of carbonyl (C=O) groups excluding carboxylic acids is 3. The van der Waals surface area contributed by atoms with Crippen LogP contribution in [0.4, 0.5) is 16.2 Å². The topological polar surface area (TPSA) is 79.0 Å². The Morgan fingerprint density at radius 1 is 1.00 bits per heavy atom. The van der Waals surface area contributed by atoms with Crippen molar-refractivity contribution in [2.24, 2.45) is 5.92 Å². The molecule has 1 saturated heterocycles. The fourth-order valence-corrected chi connectivity index (χ4v) is 3.48. The number of piperidine rings is 1. The summed E-state index contributed by atoms with van der Waals surface area (Å²) in [6, 6.07) is 18.4. The average Bonchev–Trinajstić information content (AvgIpc) is 2.79. The highest BCUT2D eigenvalue weighted by molar-refractivity contribution is 5.95. The van der Waals surface area contributed by atoms with Crippen LogP contribution in [0.5, 0.6) is 0 Å². The molecule has 1 aliphatic rings. The maximum absolute atomic E-state index is 12.5. The van der Waals surface area contributed by atoms with E-state index >= 15 is 0 Å². The van der Waals surface area contributed by atoms with Gasteiger partial charge in [-0.2, -0.15) is 0 Å². The Labute approximate surface area is 176 Å². The van der Waals surface area contributed by atoms with Crippen molar-refractivity contribution in [2.45, 2.75) is 19.8 Å². The third kappa shape index (κ3) is 5.59. The van der Waals surface area contributed by atoms with E-state index < -0.39 is 0 Å². The molecule has 0 spiro atoms. The second kappa shape index (κ2) is 10.4. The number of rotatable bonds is 6. The average molecular weight is 409 g/mol. The highest BCUT2D eigenvalue weighted by Gasteiger charge is 2.29. The molecule has 0 aromatic heterocycles. The Kier molecular flexibility index (Phi) is 7.43. The lowest BCUT2D eigenvalue weighted by Crippen LogP contribution is -2.43. The summed E-state index contributed by atoms with van der Waals surface area (Å²) in [6.45, 7) is 3.03. The SMILES string of the molecule is CCN(C(=O)COC(=O)C1CCN(C(=O)Nc2ccccc2)CC1)c1ccccc1. The van der Waals surface area contributed by atoms with Crippen molar-refractivity contribution in [3.05, 3.63) is 60.7 Å². The summed E-state index contributed by atoms with van der Waals surface area (Å²) in [4.78, 5) is 40.5. The second-order valence-corrected chi connectivity index (χ2v) is 7.14. The maximum Gasteiger partial charge on any atom is 0.321 e. The monoisotopic (exact) mass is 409 g/mol. The van der Waals surface area contributed by atoms with Crippen LogP contribution in [0.25, 0.3) is 0 Å². The molecule has 3 rings (SSSR count). The third-order valence-corrected chi connectivity index (χ3v) is 5.16. The van der Waals surface area contributed by atoms with E-state index in [1.54, 1.807) is 9.80 Å². The van der Waals surface area contributed by atoms with Crippen LogP contribution in [0.2, 0.25) is 0 Å². The third-order valence-electron chi connectivity index (χ3n) is 5.16.